The molecule has 0 bridgehead atoms. The highest BCUT2D eigenvalue weighted by Crippen LogP contribution is 2.50. The summed E-state index contributed by atoms with van der Waals surface area (Å²) in [5.74, 6) is 0. The van der Waals surface area contributed by atoms with Gasteiger partial charge in [0.2, 0.25) is 0 Å². The first-order chi connectivity index (χ1) is 23.5. The summed E-state index contributed by atoms with van der Waals surface area (Å²) < 4.78 is 0. The number of hydrogen-bond acceptors (Lipinski definition) is 2. The standard InChI is InChI=1S/C45H35ClN2/c1-45(2)43-16-10-9-15-41(43)42-30-29-40(31-44(42)45)48(37-23-19-33(20-24-37)32-17-21-34(46)22-18-32)39-27-25-38(26-28-39)47(35-11-5-3-6-12-35)36-13-7-4-8-14-36/h3-31H,1-2H3. The molecule has 0 spiro atoms. The van der Waals surface area contributed by atoms with Gasteiger partial charge in [-0.1, -0.05) is 116 Å². The first-order valence-corrected chi connectivity index (χ1v) is 16.8. The van der Waals surface area contributed by atoms with Gasteiger partial charge in [-0.15, -0.1) is 0 Å². The molecule has 2 nitrogen and oxygen atoms in total. The summed E-state index contributed by atoms with van der Waals surface area (Å²) >= 11 is 6.18. The van der Waals surface area contributed by atoms with E-state index in [9.17, 15) is 0 Å². The summed E-state index contributed by atoms with van der Waals surface area (Å²) in [6.07, 6.45) is 0. The smallest absolute Gasteiger partial charge is 0.0465 e. The highest BCUT2D eigenvalue weighted by molar-refractivity contribution is 6.30. The molecule has 1 aliphatic carbocycles. The van der Waals surface area contributed by atoms with Crippen LogP contribution in [0.5, 0.6) is 0 Å². The molecule has 0 atom stereocenters. The molecule has 7 aromatic carbocycles. The Bertz CT molecular complexity index is 2150. The molecule has 3 heteroatoms. The first-order valence-electron chi connectivity index (χ1n) is 16.4. The molecule has 232 valence electrons. The number of nitrogens with zero attached hydrogens (tertiary/aromatic N) is 2. The van der Waals surface area contributed by atoms with E-state index in [4.69, 9.17) is 11.6 Å². The van der Waals surface area contributed by atoms with Crippen LogP contribution in [-0.4, -0.2) is 0 Å². The zero-order chi connectivity index (χ0) is 32.7. The van der Waals surface area contributed by atoms with Gasteiger partial charge in [-0.05, 0) is 118 Å². The van der Waals surface area contributed by atoms with Crippen molar-refractivity contribution in [3.8, 4) is 22.3 Å². The Morgan fingerprint density at radius 2 is 0.771 bits per heavy atom. The average molecular weight is 639 g/mol. The molecule has 0 saturated heterocycles. The highest BCUT2D eigenvalue weighted by atomic mass is 35.5. The average Bonchev–Trinajstić information content (AvgIpc) is 3.36. The molecule has 1 aliphatic rings. The topological polar surface area (TPSA) is 6.48 Å². The molecule has 0 heterocycles. The molecule has 48 heavy (non-hydrogen) atoms. The van der Waals surface area contributed by atoms with E-state index in [1.54, 1.807) is 0 Å². The second-order valence-corrected chi connectivity index (χ2v) is 13.2. The summed E-state index contributed by atoms with van der Waals surface area (Å²) in [5.41, 5.74) is 14.2. The van der Waals surface area contributed by atoms with Gasteiger partial charge in [0, 0.05) is 44.6 Å². The second kappa shape index (κ2) is 12.2. The number of anilines is 6. The summed E-state index contributed by atoms with van der Waals surface area (Å²) in [6.45, 7) is 4.67. The van der Waals surface area contributed by atoms with Crippen LogP contribution < -0.4 is 9.80 Å². The van der Waals surface area contributed by atoms with Crippen molar-refractivity contribution >= 4 is 45.7 Å². The van der Waals surface area contributed by atoms with E-state index in [0.717, 1.165) is 50.3 Å². The third-order valence-electron chi connectivity index (χ3n) is 9.52. The van der Waals surface area contributed by atoms with Gasteiger partial charge in [0.05, 0.1) is 0 Å². The molecule has 0 radical (unpaired) electrons. The fourth-order valence-corrected chi connectivity index (χ4v) is 7.20. The number of para-hydroxylation sites is 2. The van der Waals surface area contributed by atoms with Crippen LogP contribution in [-0.2, 0) is 5.41 Å². The fourth-order valence-electron chi connectivity index (χ4n) is 7.08. The maximum Gasteiger partial charge on any atom is 0.0465 e. The van der Waals surface area contributed by atoms with Gasteiger partial charge in [0.25, 0.3) is 0 Å². The van der Waals surface area contributed by atoms with Gasteiger partial charge < -0.3 is 9.80 Å². The molecule has 0 N–H and O–H groups in total. The van der Waals surface area contributed by atoms with Crippen LogP contribution >= 0.6 is 11.6 Å². The van der Waals surface area contributed by atoms with Crippen molar-refractivity contribution in [1.82, 2.24) is 0 Å². The van der Waals surface area contributed by atoms with Gasteiger partial charge in [0.1, 0.15) is 0 Å². The van der Waals surface area contributed by atoms with Crippen molar-refractivity contribution in [3.63, 3.8) is 0 Å². The second-order valence-electron chi connectivity index (χ2n) is 12.8. The lowest BCUT2D eigenvalue weighted by Crippen LogP contribution is -2.16. The number of hydrogen-bond donors (Lipinski definition) is 0. The minimum Gasteiger partial charge on any atom is -0.311 e. The molecule has 0 aromatic heterocycles. The Morgan fingerprint density at radius 1 is 0.375 bits per heavy atom. The normalized spacial score (nSPS) is 12.6. The lowest BCUT2D eigenvalue weighted by Gasteiger charge is -2.29. The van der Waals surface area contributed by atoms with Crippen molar-refractivity contribution < 1.29 is 0 Å². The fraction of sp³-hybridized carbons (Fsp3) is 0.0667. The Balaban J connectivity index is 1.23. The minimum atomic E-state index is -0.0955. The maximum absolute atomic E-state index is 6.18. The predicted octanol–water partition coefficient (Wildman–Crippen LogP) is 13.3. The summed E-state index contributed by atoms with van der Waals surface area (Å²) in [4.78, 5) is 4.66. The lowest BCUT2D eigenvalue weighted by atomic mass is 9.82. The Labute approximate surface area is 288 Å². The van der Waals surface area contributed by atoms with Crippen LogP contribution in [0.25, 0.3) is 22.3 Å². The summed E-state index contributed by atoms with van der Waals surface area (Å²) in [6, 6.07) is 62.6. The first kappa shape index (κ1) is 29.8. The van der Waals surface area contributed by atoms with E-state index in [1.165, 1.54) is 22.3 Å². The van der Waals surface area contributed by atoms with Crippen LogP contribution in [0.3, 0.4) is 0 Å². The van der Waals surface area contributed by atoms with E-state index in [2.05, 4.69) is 187 Å². The van der Waals surface area contributed by atoms with Crippen molar-refractivity contribution in [2.75, 3.05) is 9.80 Å². The molecule has 8 rings (SSSR count). The van der Waals surface area contributed by atoms with E-state index >= 15 is 0 Å². The zero-order valence-electron chi connectivity index (χ0n) is 27.0. The van der Waals surface area contributed by atoms with E-state index in [-0.39, 0.29) is 5.41 Å². The van der Waals surface area contributed by atoms with Crippen molar-refractivity contribution in [3.05, 3.63) is 192 Å². The van der Waals surface area contributed by atoms with E-state index in [0.29, 0.717) is 0 Å². The molecule has 0 amide bonds. The van der Waals surface area contributed by atoms with Crippen molar-refractivity contribution in [1.29, 1.82) is 0 Å². The molecule has 0 aliphatic heterocycles. The molecular weight excluding hydrogens is 604 g/mol. The SMILES string of the molecule is CC1(C)c2ccccc2-c2ccc(N(c3ccc(-c4ccc(Cl)cc4)cc3)c3ccc(N(c4ccccc4)c4ccccc4)cc3)cc21. The van der Waals surface area contributed by atoms with Crippen LogP contribution in [0.15, 0.2) is 176 Å². The van der Waals surface area contributed by atoms with E-state index < -0.39 is 0 Å². The molecule has 0 unspecified atom stereocenters. The van der Waals surface area contributed by atoms with E-state index in [1.807, 2.05) is 12.1 Å². The highest BCUT2D eigenvalue weighted by Gasteiger charge is 2.35. The Morgan fingerprint density at radius 3 is 1.33 bits per heavy atom. The third kappa shape index (κ3) is 5.35. The summed E-state index contributed by atoms with van der Waals surface area (Å²) in [5, 5.41) is 0.741. The van der Waals surface area contributed by atoms with Gasteiger partial charge in [0.15, 0.2) is 0 Å². The molecule has 7 aromatic rings. The quantitative estimate of drug-likeness (QED) is 0.171. The van der Waals surface area contributed by atoms with Crippen LogP contribution in [0.2, 0.25) is 5.02 Å². The van der Waals surface area contributed by atoms with Crippen LogP contribution in [0.4, 0.5) is 34.1 Å². The minimum absolute atomic E-state index is 0.0955. The predicted molar refractivity (Wildman–Crippen MR) is 204 cm³/mol. The van der Waals surface area contributed by atoms with Crippen molar-refractivity contribution in [2.45, 2.75) is 19.3 Å². The summed E-state index contributed by atoms with van der Waals surface area (Å²) in [7, 11) is 0. The number of rotatable bonds is 7. The van der Waals surface area contributed by atoms with Gasteiger partial charge in [-0.3, -0.25) is 0 Å². The third-order valence-corrected chi connectivity index (χ3v) is 9.78. The monoisotopic (exact) mass is 638 g/mol. The van der Waals surface area contributed by atoms with Crippen LogP contribution in [0.1, 0.15) is 25.0 Å². The lowest BCUT2D eigenvalue weighted by molar-refractivity contribution is 0.660. The molecule has 0 fully saturated rings. The largest absolute Gasteiger partial charge is 0.311 e. The Hall–Kier alpha value is -5.57. The number of halogens is 1. The Kier molecular flexibility index (Phi) is 7.59. The molecular formula is C45H35ClN2. The number of fused-ring (bicyclic) bond motifs is 3. The molecule has 0 saturated carbocycles. The van der Waals surface area contributed by atoms with Crippen molar-refractivity contribution in [2.24, 2.45) is 0 Å². The van der Waals surface area contributed by atoms with Gasteiger partial charge >= 0.3 is 0 Å². The van der Waals surface area contributed by atoms with Crippen LogP contribution in [0, 0.1) is 0 Å². The van der Waals surface area contributed by atoms with Gasteiger partial charge in [-0.25, -0.2) is 0 Å². The zero-order valence-corrected chi connectivity index (χ0v) is 27.8. The maximum atomic E-state index is 6.18. The number of benzene rings is 7. The van der Waals surface area contributed by atoms with Gasteiger partial charge in [-0.2, -0.15) is 0 Å².